The van der Waals surface area contributed by atoms with Crippen molar-refractivity contribution in [3.63, 3.8) is 0 Å². The third-order valence-electron chi connectivity index (χ3n) is 3.67. The molecule has 2 aromatic rings. The molecule has 0 aliphatic rings. The molecule has 0 saturated heterocycles. The SMILES string of the molecule is C[C@H](NCC(=O)N[C@H](C)c1ccc(Cl)cc1Cl)c1ccccc1. The highest BCUT2D eigenvalue weighted by Crippen LogP contribution is 2.25. The average Bonchev–Trinajstić information content (AvgIpc) is 2.53. The van der Waals surface area contributed by atoms with Gasteiger partial charge in [-0.25, -0.2) is 0 Å². The van der Waals surface area contributed by atoms with Gasteiger partial charge in [0.05, 0.1) is 12.6 Å². The van der Waals surface area contributed by atoms with E-state index in [1.165, 1.54) is 0 Å². The maximum Gasteiger partial charge on any atom is 0.234 e. The summed E-state index contributed by atoms with van der Waals surface area (Å²) in [7, 11) is 0. The van der Waals surface area contributed by atoms with Crippen LogP contribution >= 0.6 is 23.2 Å². The predicted molar refractivity (Wildman–Crippen MR) is 95.9 cm³/mol. The summed E-state index contributed by atoms with van der Waals surface area (Å²) < 4.78 is 0. The molecular weight excluding hydrogens is 331 g/mol. The molecule has 2 N–H and O–H groups in total. The van der Waals surface area contributed by atoms with Crippen molar-refractivity contribution < 1.29 is 4.79 Å². The van der Waals surface area contributed by atoms with Crippen molar-refractivity contribution in [3.8, 4) is 0 Å². The number of halogens is 2. The maximum absolute atomic E-state index is 12.1. The first kappa shape index (κ1) is 17.8. The molecule has 0 aliphatic heterocycles. The monoisotopic (exact) mass is 350 g/mol. The van der Waals surface area contributed by atoms with Crippen LogP contribution in [0.3, 0.4) is 0 Å². The lowest BCUT2D eigenvalue weighted by molar-refractivity contribution is -0.121. The van der Waals surface area contributed by atoms with Gasteiger partial charge >= 0.3 is 0 Å². The minimum atomic E-state index is -0.180. The highest BCUT2D eigenvalue weighted by molar-refractivity contribution is 6.35. The molecule has 0 fully saturated rings. The van der Waals surface area contributed by atoms with Crippen LogP contribution in [0.15, 0.2) is 48.5 Å². The number of benzene rings is 2. The Labute approximate surface area is 147 Å². The summed E-state index contributed by atoms with van der Waals surface area (Å²) in [6.07, 6.45) is 0. The zero-order valence-corrected chi connectivity index (χ0v) is 14.7. The van der Waals surface area contributed by atoms with Crippen molar-refractivity contribution in [2.24, 2.45) is 0 Å². The van der Waals surface area contributed by atoms with Crippen LogP contribution in [0.5, 0.6) is 0 Å². The molecule has 3 nitrogen and oxygen atoms in total. The van der Waals surface area contributed by atoms with Crippen LogP contribution in [-0.2, 0) is 4.79 Å². The van der Waals surface area contributed by atoms with Gasteiger partial charge in [-0.05, 0) is 37.1 Å². The zero-order valence-electron chi connectivity index (χ0n) is 13.1. The van der Waals surface area contributed by atoms with Crippen molar-refractivity contribution in [1.82, 2.24) is 10.6 Å². The van der Waals surface area contributed by atoms with Crippen LogP contribution in [0.25, 0.3) is 0 Å². The molecule has 0 unspecified atom stereocenters. The van der Waals surface area contributed by atoms with Gasteiger partial charge in [0.15, 0.2) is 0 Å². The minimum absolute atomic E-state index is 0.0775. The summed E-state index contributed by atoms with van der Waals surface area (Å²) in [5.41, 5.74) is 2.00. The van der Waals surface area contributed by atoms with Crippen LogP contribution in [-0.4, -0.2) is 12.5 Å². The highest BCUT2D eigenvalue weighted by Gasteiger charge is 2.14. The lowest BCUT2D eigenvalue weighted by Gasteiger charge is -2.18. The molecule has 122 valence electrons. The summed E-state index contributed by atoms with van der Waals surface area (Å²) in [5.74, 6) is -0.0775. The van der Waals surface area contributed by atoms with Crippen molar-refractivity contribution in [2.45, 2.75) is 25.9 Å². The van der Waals surface area contributed by atoms with Crippen LogP contribution in [0.1, 0.15) is 37.1 Å². The Bertz CT molecular complexity index is 661. The number of hydrogen-bond donors (Lipinski definition) is 2. The average molecular weight is 351 g/mol. The lowest BCUT2D eigenvalue weighted by Crippen LogP contribution is -2.36. The van der Waals surface area contributed by atoms with Gasteiger partial charge in [-0.1, -0.05) is 59.6 Å². The molecule has 1 amide bonds. The van der Waals surface area contributed by atoms with Crippen molar-refractivity contribution in [1.29, 1.82) is 0 Å². The first-order valence-corrected chi connectivity index (χ1v) is 8.25. The third-order valence-corrected chi connectivity index (χ3v) is 4.24. The first-order chi connectivity index (χ1) is 11.0. The fraction of sp³-hybridized carbons (Fsp3) is 0.278. The molecule has 0 heterocycles. The second-order valence-corrected chi connectivity index (χ2v) is 6.31. The second kappa shape index (κ2) is 8.34. The molecule has 0 bridgehead atoms. The van der Waals surface area contributed by atoms with E-state index in [1.54, 1.807) is 12.1 Å². The fourth-order valence-electron chi connectivity index (χ4n) is 2.33. The molecule has 0 radical (unpaired) electrons. The Morgan fingerprint density at radius 2 is 1.74 bits per heavy atom. The molecule has 2 aromatic carbocycles. The molecular formula is C18H20Cl2N2O. The molecule has 0 aromatic heterocycles. The zero-order chi connectivity index (χ0) is 16.8. The van der Waals surface area contributed by atoms with E-state index in [1.807, 2.05) is 50.2 Å². The number of carbonyl (C=O) groups excluding carboxylic acids is 1. The van der Waals surface area contributed by atoms with Gasteiger partial charge in [0, 0.05) is 16.1 Å². The van der Waals surface area contributed by atoms with Crippen LogP contribution in [0.4, 0.5) is 0 Å². The van der Waals surface area contributed by atoms with Crippen molar-refractivity contribution >= 4 is 29.1 Å². The smallest absolute Gasteiger partial charge is 0.234 e. The van der Waals surface area contributed by atoms with E-state index >= 15 is 0 Å². The van der Waals surface area contributed by atoms with E-state index in [-0.39, 0.29) is 24.5 Å². The largest absolute Gasteiger partial charge is 0.348 e. The summed E-state index contributed by atoms with van der Waals surface area (Å²) in [6, 6.07) is 15.2. The molecule has 23 heavy (non-hydrogen) atoms. The van der Waals surface area contributed by atoms with Crippen LogP contribution in [0, 0.1) is 0 Å². The van der Waals surface area contributed by atoms with E-state index in [0.29, 0.717) is 10.0 Å². The van der Waals surface area contributed by atoms with Gasteiger partial charge in [-0.2, -0.15) is 0 Å². The normalized spacial score (nSPS) is 13.4. The molecule has 0 saturated carbocycles. The van der Waals surface area contributed by atoms with Crippen molar-refractivity contribution in [3.05, 3.63) is 69.7 Å². The number of amides is 1. The lowest BCUT2D eigenvalue weighted by atomic mass is 10.1. The van der Waals surface area contributed by atoms with E-state index in [2.05, 4.69) is 10.6 Å². The molecule has 5 heteroatoms. The maximum atomic E-state index is 12.1. The highest BCUT2D eigenvalue weighted by atomic mass is 35.5. The first-order valence-electron chi connectivity index (χ1n) is 7.50. The Kier molecular flexibility index (Phi) is 6.46. The van der Waals surface area contributed by atoms with Gasteiger partial charge < -0.3 is 10.6 Å². The molecule has 0 spiro atoms. The Hall–Kier alpha value is -1.55. The fourth-order valence-corrected chi connectivity index (χ4v) is 2.90. The second-order valence-electron chi connectivity index (χ2n) is 5.47. The van der Waals surface area contributed by atoms with Gasteiger partial charge in [0.1, 0.15) is 0 Å². The van der Waals surface area contributed by atoms with Crippen LogP contribution in [0.2, 0.25) is 10.0 Å². The Morgan fingerprint density at radius 3 is 2.39 bits per heavy atom. The summed E-state index contributed by atoms with van der Waals surface area (Å²) in [6.45, 7) is 4.17. The predicted octanol–water partition coefficient (Wildman–Crippen LogP) is 4.52. The number of carbonyl (C=O) groups is 1. The van der Waals surface area contributed by atoms with E-state index in [0.717, 1.165) is 11.1 Å². The summed E-state index contributed by atoms with van der Waals surface area (Å²) >= 11 is 12.1. The van der Waals surface area contributed by atoms with Gasteiger partial charge in [-0.3, -0.25) is 4.79 Å². The minimum Gasteiger partial charge on any atom is -0.348 e. The number of hydrogen-bond acceptors (Lipinski definition) is 2. The van der Waals surface area contributed by atoms with Gasteiger partial charge in [0.2, 0.25) is 5.91 Å². The summed E-state index contributed by atoms with van der Waals surface area (Å²) in [4.78, 5) is 12.1. The van der Waals surface area contributed by atoms with Gasteiger partial charge in [-0.15, -0.1) is 0 Å². The Balaban J connectivity index is 1.87. The topological polar surface area (TPSA) is 41.1 Å². The van der Waals surface area contributed by atoms with E-state index in [9.17, 15) is 4.79 Å². The van der Waals surface area contributed by atoms with Gasteiger partial charge in [0.25, 0.3) is 0 Å². The molecule has 2 rings (SSSR count). The quantitative estimate of drug-likeness (QED) is 0.803. The summed E-state index contributed by atoms with van der Waals surface area (Å²) in [5, 5.41) is 7.28. The third kappa shape index (κ3) is 5.24. The molecule has 2 atom stereocenters. The van der Waals surface area contributed by atoms with Crippen molar-refractivity contribution in [2.75, 3.05) is 6.54 Å². The van der Waals surface area contributed by atoms with Crippen LogP contribution < -0.4 is 10.6 Å². The van der Waals surface area contributed by atoms with E-state index in [4.69, 9.17) is 23.2 Å². The van der Waals surface area contributed by atoms with E-state index < -0.39 is 0 Å². The molecule has 0 aliphatic carbocycles. The Morgan fingerprint density at radius 1 is 1.04 bits per heavy atom. The number of rotatable bonds is 6. The number of nitrogens with one attached hydrogen (secondary N) is 2. The standard InChI is InChI=1S/C18H20Cl2N2O/c1-12(14-6-4-3-5-7-14)21-11-18(23)22-13(2)16-9-8-15(19)10-17(16)20/h3-10,12-13,21H,11H2,1-2H3,(H,22,23)/t12-,13+/m0/s1.